The van der Waals surface area contributed by atoms with Gasteiger partial charge in [0.15, 0.2) is 0 Å². The summed E-state index contributed by atoms with van der Waals surface area (Å²) in [7, 11) is 2.35. The lowest BCUT2D eigenvalue weighted by Gasteiger charge is -2.36. The van der Waals surface area contributed by atoms with Gasteiger partial charge in [-0.2, -0.15) is 0 Å². The molecule has 1 saturated carbocycles. The van der Waals surface area contributed by atoms with Gasteiger partial charge >= 0.3 is 0 Å². The maximum atomic E-state index is 3.92. The average Bonchev–Trinajstić information content (AvgIpc) is 3.17. The Morgan fingerprint density at radius 1 is 0.950 bits per heavy atom. The van der Waals surface area contributed by atoms with Crippen LogP contribution in [0.1, 0.15) is 51.9 Å². The summed E-state index contributed by atoms with van der Waals surface area (Å²) in [5.41, 5.74) is 0. The Labute approximate surface area is 124 Å². The Bertz CT molecular complexity index is 340. The van der Waals surface area contributed by atoms with Crippen LogP contribution < -0.4 is 5.32 Å². The van der Waals surface area contributed by atoms with Crippen LogP contribution in [0.3, 0.4) is 0 Å². The summed E-state index contributed by atoms with van der Waals surface area (Å²) in [4.78, 5) is 5.42. The number of hydrogen-bond acceptors (Lipinski definition) is 3. The van der Waals surface area contributed by atoms with Gasteiger partial charge in [-0.15, -0.1) is 0 Å². The minimum absolute atomic E-state index is 0.767. The lowest BCUT2D eigenvalue weighted by molar-refractivity contribution is 0.131. The molecule has 3 heterocycles. The predicted molar refractivity (Wildman–Crippen MR) is 82.9 cm³/mol. The van der Waals surface area contributed by atoms with Gasteiger partial charge in [-0.1, -0.05) is 0 Å². The van der Waals surface area contributed by atoms with E-state index in [1.54, 1.807) is 0 Å². The number of hydrogen-bond donors (Lipinski definition) is 1. The van der Waals surface area contributed by atoms with E-state index in [1.807, 2.05) is 0 Å². The number of nitrogens with one attached hydrogen (secondary N) is 1. The number of fused-ring (bicyclic) bond motifs is 2. The molecular formula is C17H31N3. The first-order valence-corrected chi connectivity index (χ1v) is 8.91. The summed E-state index contributed by atoms with van der Waals surface area (Å²) in [5.74, 6) is 0.939. The summed E-state index contributed by atoms with van der Waals surface area (Å²) < 4.78 is 0. The van der Waals surface area contributed by atoms with E-state index in [-0.39, 0.29) is 0 Å². The molecule has 4 atom stereocenters. The zero-order chi connectivity index (χ0) is 13.7. The van der Waals surface area contributed by atoms with Gasteiger partial charge in [-0.25, -0.2) is 0 Å². The van der Waals surface area contributed by atoms with E-state index in [1.165, 1.54) is 58.0 Å². The molecule has 3 nitrogen and oxygen atoms in total. The molecule has 0 radical (unpaired) electrons. The highest BCUT2D eigenvalue weighted by atomic mass is 15.3. The summed E-state index contributed by atoms with van der Waals surface area (Å²) >= 11 is 0. The number of likely N-dealkylation sites (tertiary alicyclic amines) is 1. The summed E-state index contributed by atoms with van der Waals surface area (Å²) in [6, 6.07) is 4.31. The second-order valence-corrected chi connectivity index (χ2v) is 8.01. The normalized spacial score (nSPS) is 46.2. The third-order valence-electron chi connectivity index (χ3n) is 6.53. The summed E-state index contributed by atoms with van der Waals surface area (Å²) in [6.45, 7) is 5.01. The zero-order valence-corrected chi connectivity index (χ0v) is 13.2. The van der Waals surface area contributed by atoms with Crippen molar-refractivity contribution in [2.24, 2.45) is 5.92 Å². The first-order valence-electron chi connectivity index (χ1n) is 8.91. The molecule has 4 unspecified atom stereocenters. The maximum Gasteiger partial charge on any atom is 0.0210 e. The van der Waals surface area contributed by atoms with Gasteiger partial charge in [-0.05, 0) is 71.4 Å². The van der Waals surface area contributed by atoms with Crippen molar-refractivity contribution in [1.82, 2.24) is 15.1 Å². The predicted octanol–water partition coefficient (Wildman–Crippen LogP) is 2.07. The number of nitrogens with zero attached hydrogens (tertiary/aromatic N) is 2. The molecule has 0 aromatic carbocycles. The maximum absolute atomic E-state index is 3.92. The van der Waals surface area contributed by atoms with Gasteiger partial charge in [0.25, 0.3) is 0 Å². The molecule has 4 rings (SSSR count). The molecule has 4 fully saturated rings. The summed E-state index contributed by atoms with van der Waals surface area (Å²) in [6.07, 6.45) is 10.1. The van der Waals surface area contributed by atoms with E-state index < -0.39 is 0 Å². The second kappa shape index (κ2) is 5.26. The van der Waals surface area contributed by atoms with Crippen LogP contribution in [0.4, 0.5) is 0 Å². The van der Waals surface area contributed by atoms with Crippen molar-refractivity contribution in [3.8, 4) is 0 Å². The lowest BCUT2D eigenvalue weighted by Crippen LogP contribution is -2.44. The third kappa shape index (κ3) is 2.53. The van der Waals surface area contributed by atoms with Gasteiger partial charge in [0.05, 0.1) is 0 Å². The highest BCUT2D eigenvalue weighted by molar-refractivity contribution is 4.97. The van der Waals surface area contributed by atoms with Gasteiger partial charge < -0.3 is 10.2 Å². The van der Waals surface area contributed by atoms with Gasteiger partial charge in [0, 0.05) is 36.8 Å². The van der Waals surface area contributed by atoms with Gasteiger partial charge in [-0.3, -0.25) is 4.90 Å². The molecule has 3 saturated heterocycles. The molecule has 0 aromatic heterocycles. The Morgan fingerprint density at radius 2 is 1.60 bits per heavy atom. The highest BCUT2D eigenvalue weighted by Gasteiger charge is 2.40. The Morgan fingerprint density at radius 3 is 2.25 bits per heavy atom. The smallest absolute Gasteiger partial charge is 0.0210 e. The number of piperidine rings is 1. The van der Waals surface area contributed by atoms with Crippen molar-refractivity contribution in [1.29, 1.82) is 0 Å². The van der Waals surface area contributed by atoms with Crippen LogP contribution in [-0.2, 0) is 0 Å². The van der Waals surface area contributed by atoms with Crippen LogP contribution in [0.5, 0.6) is 0 Å². The SMILES string of the molecule is CC1CC(NCC2CC3CCC(C2)N3C)CN1C1CC1. The van der Waals surface area contributed by atoms with E-state index in [0.717, 1.165) is 36.1 Å². The molecule has 3 heteroatoms. The van der Waals surface area contributed by atoms with Crippen molar-refractivity contribution in [3.05, 3.63) is 0 Å². The average molecular weight is 277 g/mol. The van der Waals surface area contributed by atoms with E-state index >= 15 is 0 Å². The largest absolute Gasteiger partial charge is 0.312 e. The third-order valence-corrected chi connectivity index (χ3v) is 6.53. The molecule has 3 aliphatic heterocycles. The minimum atomic E-state index is 0.767. The van der Waals surface area contributed by atoms with Gasteiger partial charge in [0.2, 0.25) is 0 Å². The monoisotopic (exact) mass is 277 g/mol. The van der Waals surface area contributed by atoms with Gasteiger partial charge in [0.1, 0.15) is 0 Å². The molecule has 2 bridgehead atoms. The van der Waals surface area contributed by atoms with Crippen LogP contribution in [0, 0.1) is 5.92 Å². The Hall–Kier alpha value is -0.120. The first kappa shape index (κ1) is 13.5. The van der Waals surface area contributed by atoms with Crippen LogP contribution in [0.15, 0.2) is 0 Å². The van der Waals surface area contributed by atoms with Crippen LogP contribution in [0.2, 0.25) is 0 Å². The molecule has 114 valence electrons. The first-order chi connectivity index (χ1) is 9.70. The Kier molecular flexibility index (Phi) is 3.56. The fourth-order valence-electron chi connectivity index (χ4n) is 5.14. The quantitative estimate of drug-likeness (QED) is 0.849. The Balaban J connectivity index is 1.25. The standard InChI is InChI=1S/C17H31N3/c1-12-7-14(11-20(12)15-3-4-15)18-10-13-8-16-5-6-17(9-13)19(16)2/h12-18H,3-11H2,1-2H3. The molecule has 0 amide bonds. The minimum Gasteiger partial charge on any atom is -0.312 e. The van der Waals surface area contributed by atoms with Crippen molar-refractivity contribution in [3.63, 3.8) is 0 Å². The van der Waals surface area contributed by atoms with Crippen LogP contribution >= 0.6 is 0 Å². The summed E-state index contributed by atoms with van der Waals surface area (Å²) in [5, 5.41) is 3.92. The van der Waals surface area contributed by atoms with Crippen molar-refractivity contribution in [2.75, 3.05) is 20.1 Å². The molecule has 0 spiro atoms. The van der Waals surface area contributed by atoms with E-state index in [0.29, 0.717) is 0 Å². The molecule has 0 aromatic rings. The second-order valence-electron chi connectivity index (χ2n) is 8.01. The van der Waals surface area contributed by atoms with E-state index in [2.05, 4.69) is 29.1 Å². The topological polar surface area (TPSA) is 18.5 Å². The highest BCUT2D eigenvalue weighted by Crippen LogP contribution is 2.37. The lowest BCUT2D eigenvalue weighted by atomic mass is 9.91. The zero-order valence-electron chi connectivity index (χ0n) is 13.2. The van der Waals surface area contributed by atoms with Crippen LogP contribution in [0.25, 0.3) is 0 Å². The fourth-order valence-corrected chi connectivity index (χ4v) is 5.14. The molecule has 1 aliphatic carbocycles. The molecule has 4 aliphatic rings. The van der Waals surface area contributed by atoms with Crippen molar-refractivity contribution < 1.29 is 0 Å². The molecule has 20 heavy (non-hydrogen) atoms. The van der Waals surface area contributed by atoms with Crippen molar-refractivity contribution in [2.45, 2.75) is 82.1 Å². The van der Waals surface area contributed by atoms with Crippen molar-refractivity contribution >= 4 is 0 Å². The fraction of sp³-hybridized carbons (Fsp3) is 1.00. The number of rotatable bonds is 4. The molecular weight excluding hydrogens is 246 g/mol. The molecule has 1 N–H and O–H groups in total. The van der Waals surface area contributed by atoms with Crippen LogP contribution in [-0.4, -0.2) is 60.1 Å². The van der Waals surface area contributed by atoms with E-state index in [4.69, 9.17) is 0 Å². The van der Waals surface area contributed by atoms with E-state index in [9.17, 15) is 0 Å².